The summed E-state index contributed by atoms with van der Waals surface area (Å²) >= 11 is 0. The standard InChI is InChI=1S/C15H22N4O5S/c1-11-4-3-7-18(10-11)25(23,24)12-5-6-13(14(8-12)19(21)22)17-9-15(20)16-2/h5-6,8,11,17H,3-4,7,9-10H2,1-2H3,(H,16,20)/t11-/m0/s1. The average Bonchev–Trinajstić information content (AvgIpc) is 2.59. The van der Waals surface area contributed by atoms with Gasteiger partial charge in [-0.2, -0.15) is 4.31 Å². The Hall–Kier alpha value is -2.20. The van der Waals surface area contributed by atoms with E-state index in [1.807, 2.05) is 6.92 Å². The van der Waals surface area contributed by atoms with Gasteiger partial charge in [-0.05, 0) is 30.9 Å². The van der Waals surface area contributed by atoms with Gasteiger partial charge in [0.2, 0.25) is 15.9 Å². The fourth-order valence-electron chi connectivity index (χ4n) is 2.75. The molecule has 0 unspecified atom stereocenters. The summed E-state index contributed by atoms with van der Waals surface area (Å²) in [6.07, 6.45) is 1.74. The van der Waals surface area contributed by atoms with Crippen LogP contribution in [0.4, 0.5) is 11.4 Å². The normalized spacial score (nSPS) is 18.6. The second kappa shape index (κ2) is 7.79. The Bertz CT molecular complexity index is 765. The summed E-state index contributed by atoms with van der Waals surface area (Å²) in [6.45, 7) is 2.66. The summed E-state index contributed by atoms with van der Waals surface area (Å²) in [7, 11) is -2.33. The fourth-order valence-corrected chi connectivity index (χ4v) is 4.37. The molecule has 9 nitrogen and oxygen atoms in total. The summed E-state index contributed by atoms with van der Waals surface area (Å²) < 4.78 is 26.9. The molecule has 1 aliphatic heterocycles. The minimum absolute atomic E-state index is 0.0968. The zero-order chi connectivity index (χ0) is 18.6. The van der Waals surface area contributed by atoms with Gasteiger partial charge in [0.05, 0.1) is 16.4 Å². The molecule has 2 N–H and O–H groups in total. The lowest BCUT2D eigenvalue weighted by atomic mass is 10.0. The highest BCUT2D eigenvalue weighted by Crippen LogP contribution is 2.30. The SMILES string of the molecule is CNC(=O)CNc1ccc(S(=O)(=O)N2CCC[C@H](C)C2)cc1[N+](=O)[O-]. The average molecular weight is 370 g/mol. The molecule has 0 aromatic heterocycles. The monoisotopic (exact) mass is 370 g/mol. The quantitative estimate of drug-likeness (QED) is 0.573. The molecule has 1 fully saturated rings. The van der Waals surface area contributed by atoms with Crippen molar-refractivity contribution >= 4 is 27.3 Å². The first-order chi connectivity index (χ1) is 11.8. The van der Waals surface area contributed by atoms with Gasteiger partial charge in [-0.25, -0.2) is 8.42 Å². The number of hydrogen-bond acceptors (Lipinski definition) is 6. The molecule has 0 spiro atoms. The van der Waals surface area contributed by atoms with E-state index in [4.69, 9.17) is 0 Å². The van der Waals surface area contributed by atoms with Gasteiger partial charge in [0.25, 0.3) is 5.69 Å². The van der Waals surface area contributed by atoms with Gasteiger partial charge in [-0.15, -0.1) is 0 Å². The predicted octanol–water partition coefficient (Wildman–Crippen LogP) is 1.17. The highest BCUT2D eigenvalue weighted by molar-refractivity contribution is 7.89. The topological polar surface area (TPSA) is 122 Å². The largest absolute Gasteiger partial charge is 0.371 e. The molecular formula is C15H22N4O5S. The van der Waals surface area contributed by atoms with Crippen LogP contribution < -0.4 is 10.6 Å². The zero-order valence-electron chi connectivity index (χ0n) is 14.2. The second-order valence-electron chi connectivity index (χ2n) is 6.07. The molecule has 1 aliphatic rings. The second-order valence-corrected chi connectivity index (χ2v) is 8.01. The van der Waals surface area contributed by atoms with Gasteiger partial charge in [0, 0.05) is 26.2 Å². The van der Waals surface area contributed by atoms with E-state index in [-0.39, 0.29) is 34.6 Å². The Kier molecular flexibility index (Phi) is 5.96. The van der Waals surface area contributed by atoms with E-state index in [0.717, 1.165) is 18.9 Å². The number of piperidine rings is 1. The maximum Gasteiger partial charge on any atom is 0.293 e. The van der Waals surface area contributed by atoms with Crippen molar-refractivity contribution in [3.8, 4) is 0 Å². The molecule has 1 amide bonds. The van der Waals surface area contributed by atoms with E-state index >= 15 is 0 Å². The lowest BCUT2D eigenvalue weighted by Gasteiger charge is -2.30. The Balaban J connectivity index is 2.31. The van der Waals surface area contributed by atoms with Crippen molar-refractivity contribution in [3.05, 3.63) is 28.3 Å². The number of benzene rings is 1. The molecule has 0 radical (unpaired) electrons. The maximum atomic E-state index is 12.8. The van der Waals surface area contributed by atoms with Gasteiger partial charge in [0.15, 0.2) is 0 Å². The summed E-state index contributed by atoms with van der Waals surface area (Å²) in [6, 6.07) is 3.69. The molecule has 0 saturated carbocycles. The summed E-state index contributed by atoms with van der Waals surface area (Å²) in [4.78, 5) is 21.8. The molecule has 138 valence electrons. The molecule has 1 heterocycles. The number of hydrogen-bond donors (Lipinski definition) is 2. The molecule has 0 bridgehead atoms. The lowest BCUT2D eigenvalue weighted by Crippen LogP contribution is -2.39. The van der Waals surface area contributed by atoms with Crippen LogP contribution in [-0.2, 0) is 14.8 Å². The van der Waals surface area contributed by atoms with Gasteiger partial charge < -0.3 is 10.6 Å². The number of nitrogens with one attached hydrogen (secondary N) is 2. The smallest absolute Gasteiger partial charge is 0.293 e. The van der Waals surface area contributed by atoms with Crippen LogP contribution in [0, 0.1) is 16.0 Å². The van der Waals surface area contributed by atoms with Crippen LogP contribution in [0.3, 0.4) is 0 Å². The number of nitrogens with zero attached hydrogens (tertiary/aromatic N) is 2. The molecule has 25 heavy (non-hydrogen) atoms. The number of amides is 1. The van der Waals surface area contributed by atoms with E-state index in [2.05, 4.69) is 10.6 Å². The Morgan fingerprint density at radius 2 is 2.16 bits per heavy atom. The minimum atomic E-state index is -3.78. The number of nitro benzene ring substituents is 1. The molecule has 10 heteroatoms. The highest BCUT2D eigenvalue weighted by Gasteiger charge is 2.30. The van der Waals surface area contributed by atoms with Crippen molar-refractivity contribution < 1.29 is 18.1 Å². The van der Waals surface area contributed by atoms with E-state index in [1.54, 1.807) is 0 Å². The van der Waals surface area contributed by atoms with E-state index in [9.17, 15) is 23.3 Å². The van der Waals surface area contributed by atoms with Crippen molar-refractivity contribution in [1.82, 2.24) is 9.62 Å². The number of likely N-dealkylation sites (N-methyl/N-ethyl adjacent to an activating group) is 1. The van der Waals surface area contributed by atoms with E-state index in [1.165, 1.54) is 23.5 Å². The third kappa shape index (κ3) is 4.45. The van der Waals surface area contributed by atoms with E-state index < -0.39 is 14.9 Å². The predicted molar refractivity (Wildman–Crippen MR) is 92.8 cm³/mol. The summed E-state index contributed by atoms with van der Waals surface area (Å²) in [5.41, 5.74) is -0.283. The Morgan fingerprint density at radius 3 is 2.76 bits per heavy atom. The van der Waals surface area contributed by atoms with Crippen molar-refractivity contribution in [2.45, 2.75) is 24.7 Å². The van der Waals surface area contributed by atoms with E-state index in [0.29, 0.717) is 13.1 Å². The van der Waals surface area contributed by atoms with Crippen LogP contribution in [0.15, 0.2) is 23.1 Å². The highest BCUT2D eigenvalue weighted by atomic mass is 32.2. The van der Waals surface area contributed by atoms with Crippen LogP contribution in [0.25, 0.3) is 0 Å². The van der Waals surface area contributed by atoms with Gasteiger partial charge in [0.1, 0.15) is 5.69 Å². The molecular weight excluding hydrogens is 348 g/mol. The number of nitro groups is 1. The molecule has 1 atom stereocenters. The first kappa shape index (κ1) is 19.1. The maximum absolute atomic E-state index is 12.8. The number of carbonyl (C=O) groups excluding carboxylic acids is 1. The summed E-state index contributed by atoms with van der Waals surface area (Å²) in [5, 5.41) is 16.3. The van der Waals surface area contributed by atoms with Crippen LogP contribution in [0.2, 0.25) is 0 Å². The number of rotatable bonds is 6. The van der Waals surface area contributed by atoms with Gasteiger partial charge >= 0.3 is 0 Å². The Labute approximate surface area is 146 Å². The summed E-state index contributed by atoms with van der Waals surface area (Å²) in [5.74, 6) is -0.0830. The minimum Gasteiger partial charge on any atom is -0.371 e. The molecule has 1 aromatic rings. The molecule has 1 aromatic carbocycles. The number of carbonyl (C=O) groups is 1. The lowest BCUT2D eigenvalue weighted by molar-refractivity contribution is -0.384. The Morgan fingerprint density at radius 1 is 1.44 bits per heavy atom. The molecule has 1 saturated heterocycles. The molecule has 2 rings (SSSR count). The number of anilines is 1. The number of sulfonamides is 1. The molecule has 0 aliphatic carbocycles. The first-order valence-corrected chi connectivity index (χ1v) is 9.42. The van der Waals surface area contributed by atoms with Gasteiger partial charge in [-0.3, -0.25) is 14.9 Å². The third-order valence-corrected chi connectivity index (χ3v) is 6.00. The van der Waals surface area contributed by atoms with Crippen LogP contribution in [-0.4, -0.2) is 50.2 Å². The van der Waals surface area contributed by atoms with Crippen LogP contribution in [0.5, 0.6) is 0 Å². The third-order valence-electron chi connectivity index (χ3n) is 4.14. The van der Waals surface area contributed by atoms with Crippen molar-refractivity contribution in [2.24, 2.45) is 5.92 Å². The van der Waals surface area contributed by atoms with Crippen molar-refractivity contribution in [3.63, 3.8) is 0 Å². The first-order valence-electron chi connectivity index (χ1n) is 7.98. The van der Waals surface area contributed by atoms with Crippen molar-refractivity contribution in [2.75, 3.05) is 32.0 Å². The van der Waals surface area contributed by atoms with Crippen LogP contribution >= 0.6 is 0 Å². The van der Waals surface area contributed by atoms with Crippen LogP contribution in [0.1, 0.15) is 19.8 Å². The van der Waals surface area contributed by atoms with Gasteiger partial charge in [-0.1, -0.05) is 6.92 Å². The zero-order valence-corrected chi connectivity index (χ0v) is 15.0. The fraction of sp³-hybridized carbons (Fsp3) is 0.533. The van der Waals surface area contributed by atoms with Crippen molar-refractivity contribution in [1.29, 1.82) is 0 Å².